The van der Waals surface area contributed by atoms with E-state index in [-0.39, 0.29) is 5.97 Å². The molecule has 94 valence electrons. The molecule has 0 aliphatic rings. The van der Waals surface area contributed by atoms with Crippen LogP contribution >= 0.6 is 0 Å². The van der Waals surface area contributed by atoms with Crippen molar-refractivity contribution in [3.8, 4) is 0 Å². The maximum absolute atomic E-state index is 11.3. The van der Waals surface area contributed by atoms with Crippen LogP contribution in [0.4, 0.5) is 5.69 Å². The Labute approximate surface area is 102 Å². The molecule has 0 fully saturated rings. The van der Waals surface area contributed by atoms with Gasteiger partial charge in [-0.25, -0.2) is 4.79 Å². The van der Waals surface area contributed by atoms with E-state index >= 15 is 0 Å². The summed E-state index contributed by atoms with van der Waals surface area (Å²) in [5.41, 5.74) is 7.10. The van der Waals surface area contributed by atoms with Gasteiger partial charge in [0.2, 0.25) is 0 Å². The Morgan fingerprint density at radius 3 is 2.88 bits per heavy atom. The molecule has 0 radical (unpaired) electrons. The Hall–Kier alpha value is -1.55. The van der Waals surface area contributed by atoms with Crippen LogP contribution in [0.3, 0.4) is 0 Å². The van der Waals surface area contributed by atoms with Crippen molar-refractivity contribution < 1.29 is 9.53 Å². The Bertz CT molecular complexity index is 362. The molecule has 0 spiro atoms. The van der Waals surface area contributed by atoms with Crippen molar-refractivity contribution in [1.82, 2.24) is 0 Å². The van der Waals surface area contributed by atoms with Crippen LogP contribution in [-0.2, 0) is 4.74 Å². The van der Waals surface area contributed by atoms with Gasteiger partial charge in [-0.3, -0.25) is 0 Å². The maximum Gasteiger partial charge on any atom is 0.337 e. The Balaban J connectivity index is 2.62. The standard InChI is InChI=1S/C13H20N2O2/c1-3-10(8-14)9-15-12-6-4-5-11(7-12)13(16)17-2/h4-7,10,15H,3,8-9,14H2,1-2H3. The molecule has 0 saturated heterocycles. The van der Waals surface area contributed by atoms with Crippen LogP contribution in [0.5, 0.6) is 0 Å². The largest absolute Gasteiger partial charge is 0.465 e. The third-order valence-corrected chi connectivity index (χ3v) is 2.79. The van der Waals surface area contributed by atoms with Crippen LogP contribution < -0.4 is 11.1 Å². The van der Waals surface area contributed by atoms with Gasteiger partial charge in [0, 0.05) is 12.2 Å². The van der Waals surface area contributed by atoms with Gasteiger partial charge in [0.25, 0.3) is 0 Å². The molecule has 0 amide bonds. The number of nitrogens with one attached hydrogen (secondary N) is 1. The summed E-state index contributed by atoms with van der Waals surface area (Å²) in [5, 5.41) is 3.28. The lowest BCUT2D eigenvalue weighted by Crippen LogP contribution is -2.22. The van der Waals surface area contributed by atoms with Gasteiger partial charge in [-0.1, -0.05) is 19.4 Å². The van der Waals surface area contributed by atoms with Gasteiger partial charge in [0.15, 0.2) is 0 Å². The molecular formula is C13H20N2O2. The van der Waals surface area contributed by atoms with Crippen LogP contribution in [-0.4, -0.2) is 26.2 Å². The molecular weight excluding hydrogens is 216 g/mol. The fourth-order valence-corrected chi connectivity index (χ4v) is 1.53. The molecule has 0 heterocycles. The smallest absolute Gasteiger partial charge is 0.337 e. The second kappa shape index (κ2) is 6.91. The number of rotatable bonds is 6. The van der Waals surface area contributed by atoms with Gasteiger partial charge in [-0.15, -0.1) is 0 Å². The molecule has 0 aliphatic carbocycles. The van der Waals surface area contributed by atoms with Crippen LogP contribution in [0.25, 0.3) is 0 Å². The zero-order valence-corrected chi connectivity index (χ0v) is 10.4. The lowest BCUT2D eigenvalue weighted by molar-refractivity contribution is 0.0601. The third-order valence-electron chi connectivity index (χ3n) is 2.79. The van der Waals surface area contributed by atoms with Gasteiger partial charge >= 0.3 is 5.97 Å². The highest BCUT2D eigenvalue weighted by Gasteiger charge is 2.07. The number of esters is 1. The van der Waals surface area contributed by atoms with Crippen LogP contribution in [0.15, 0.2) is 24.3 Å². The highest BCUT2D eigenvalue weighted by atomic mass is 16.5. The van der Waals surface area contributed by atoms with Gasteiger partial charge in [-0.05, 0) is 30.7 Å². The van der Waals surface area contributed by atoms with E-state index in [2.05, 4.69) is 17.0 Å². The van der Waals surface area contributed by atoms with Crippen molar-refractivity contribution in [2.45, 2.75) is 13.3 Å². The first-order valence-electron chi connectivity index (χ1n) is 5.83. The summed E-state index contributed by atoms with van der Waals surface area (Å²) in [6.45, 7) is 3.60. The number of hydrogen-bond donors (Lipinski definition) is 2. The van der Waals surface area contributed by atoms with Crippen molar-refractivity contribution in [2.24, 2.45) is 11.7 Å². The predicted molar refractivity (Wildman–Crippen MR) is 69.1 cm³/mol. The molecule has 1 unspecified atom stereocenters. The first-order valence-corrected chi connectivity index (χ1v) is 5.83. The van der Waals surface area contributed by atoms with Crippen LogP contribution in [0, 0.1) is 5.92 Å². The minimum Gasteiger partial charge on any atom is -0.465 e. The zero-order valence-electron chi connectivity index (χ0n) is 10.4. The number of hydrogen-bond acceptors (Lipinski definition) is 4. The fourth-order valence-electron chi connectivity index (χ4n) is 1.53. The predicted octanol–water partition coefficient (Wildman–Crippen LogP) is 1.87. The molecule has 3 N–H and O–H groups in total. The summed E-state index contributed by atoms with van der Waals surface area (Å²) in [4.78, 5) is 11.3. The zero-order chi connectivity index (χ0) is 12.7. The van der Waals surface area contributed by atoms with Gasteiger partial charge in [0.05, 0.1) is 12.7 Å². The van der Waals surface area contributed by atoms with E-state index in [0.717, 1.165) is 18.7 Å². The molecule has 4 heteroatoms. The quantitative estimate of drug-likeness (QED) is 0.740. The number of ether oxygens (including phenoxy) is 1. The van der Waals surface area contributed by atoms with Gasteiger partial charge < -0.3 is 15.8 Å². The average Bonchev–Trinajstić information content (AvgIpc) is 2.39. The highest BCUT2D eigenvalue weighted by Crippen LogP contribution is 2.12. The van der Waals surface area contributed by atoms with E-state index < -0.39 is 0 Å². The summed E-state index contributed by atoms with van der Waals surface area (Å²) < 4.78 is 4.67. The Kier molecular flexibility index (Phi) is 5.49. The monoisotopic (exact) mass is 236 g/mol. The van der Waals surface area contributed by atoms with Crippen molar-refractivity contribution in [3.63, 3.8) is 0 Å². The highest BCUT2D eigenvalue weighted by molar-refractivity contribution is 5.90. The number of benzene rings is 1. The molecule has 4 nitrogen and oxygen atoms in total. The van der Waals surface area contributed by atoms with Crippen LogP contribution in [0.1, 0.15) is 23.7 Å². The summed E-state index contributed by atoms with van der Waals surface area (Å²) >= 11 is 0. The summed E-state index contributed by atoms with van der Waals surface area (Å²) in [6.07, 6.45) is 1.04. The molecule has 17 heavy (non-hydrogen) atoms. The molecule has 0 bridgehead atoms. The second-order valence-electron chi connectivity index (χ2n) is 3.96. The fraction of sp³-hybridized carbons (Fsp3) is 0.462. The molecule has 1 atom stereocenters. The number of anilines is 1. The lowest BCUT2D eigenvalue weighted by atomic mass is 10.1. The first-order chi connectivity index (χ1) is 8.21. The number of nitrogens with two attached hydrogens (primary N) is 1. The molecule has 0 aromatic heterocycles. The van der Waals surface area contributed by atoms with E-state index in [1.807, 2.05) is 12.1 Å². The number of carbonyl (C=O) groups excluding carboxylic acids is 1. The lowest BCUT2D eigenvalue weighted by Gasteiger charge is -2.14. The first kappa shape index (κ1) is 13.5. The molecule has 0 aliphatic heterocycles. The summed E-state index contributed by atoms with van der Waals surface area (Å²) in [6, 6.07) is 7.28. The number of methoxy groups -OCH3 is 1. The average molecular weight is 236 g/mol. The molecule has 1 rings (SSSR count). The second-order valence-corrected chi connectivity index (χ2v) is 3.96. The van der Waals surface area contributed by atoms with E-state index in [4.69, 9.17) is 5.73 Å². The van der Waals surface area contributed by atoms with Crippen molar-refractivity contribution in [1.29, 1.82) is 0 Å². The van der Waals surface area contributed by atoms with Gasteiger partial charge in [0.1, 0.15) is 0 Å². The number of carbonyl (C=O) groups is 1. The van der Waals surface area contributed by atoms with Crippen molar-refractivity contribution in [3.05, 3.63) is 29.8 Å². The maximum atomic E-state index is 11.3. The van der Waals surface area contributed by atoms with Gasteiger partial charge in [-0.2, -0.15) is 0 Å². The van der Waals surface area contributed by atoms with E-state index in [1.165, 1.54) is 7.11 Å². The SMILES string of the molecule is CCC(CN)CNc1cccc(C(=O)OC)c1. The topological polar surface area (TPSA) is 64.3 Å². The molecule has 0 saturated carbocycles. The summed E-state index contributed by atoms with van der Waals surface area (Å²) in [5.74, 6) is 0.135. The third kappa shape index (κ3) is 4.07. The van der Waals surface area contributed by atoms with E-state index in [9.17, 15) is 4.79 Å². The Morgan fingerprint density at radius 1 is 1.53 bits per heavy atom. The van der Waals surface area contributed by atoms with Crippen LogP contribution in [0.2, 0.25) is 0 Å². The Morgan fingerprint density at radius 2 is 2.29 bits per heavy atom. The van der Waals surface area contributed by atoms with Crippen molar-refractivity contribution >= 4 is 11.7 Å². The summed E-state index contributed by atoms with van der Waals surface area (Å²) in [7, 11) is 1.38. The minimum atomic E-state index is -0.320. The van der Waals surface area contributed by atoms with Crippen molar-refractivity contribution in [2.75, 3.05) is 25.5 Å². The minimum absolute atomic E-state index is 0.320. The normalized spacial score (nSPS) is 11.9. The van der Waals surface area contributed by atoms with E-state index in [1.54, 1.807) is 12.1 Å². The van der Waals surface area contributed by atoms with E-state index in [0.29, 0.717) is 18.0 Å². The molecule has 1 aromatic carbocycles. The molecule has 1 aromatic rings.